The molecule has 0 spiro atoms. The van der Waals surface area contributed by atoms with Crippen LogP contribution in [0.2, 0.25) is 0 Å². The highest BCUT2D eigenvalue weighted by Gasteiger charge is 2.35. The molecule has 1 aromatic carbocycles. The molecule has 2 amide bonds. The topological polar surface area (TPSA) is 122 Å². The summed E-state index contributed by atoms with van der Waals surface area (Å²) in [5.41, 5.74) is 0.593. The van der Waals surface area contributed by atoms with E-state index in [1.807, 2.05) is 0 Å². The molecule has 2 aromatic heterocycles. The van der Waals surface area contributed by atoms with E-state index in [0.717, 1.165) is 6.26 Å². The van der Waals surface area contributed by atoms with Crippen molar-refractivity contribution in [1.29, 1.82) is 0 Å². The minimum absolute atomic E-state index is 0.0261. The SMILES string of the molecule is CS(=O)(=O)c1ccc(N2C[C@H](c3nnc(NC(=O)c4cccs4)o3)CC2=O)cc1. The van der Waals surface area contributed by atoms with Gasteiger partial charge in [0, 0.05) is 24.9 Å². The third-order valence-corrected chi connectivity index (χ3v) is 6.45. The summed E-state index contributed by atoms with van der Waals surface area (Å²) in [6.07, 6.45) is 1.30. The third kappa shape index (κ3) is 4.05. The van der Waals surface area contributed by atoms with E-state index in [1.165, 1.54) is 23.5 Å². The number of benzene rings is 1. The van der Waals surface area contributed by atoms with Crippen molar-refractivity contribution < 1.29 is 22.4 Å². The molecule has 1 saturated heterocycles. The highest BCUT2D eigenvalue weighted by atomic mass is 32.2. The van der Waals surface area contributed by atoms with Crippen LogP contribution in [-0.2, 0) is 14.6 Å². The van der Waals surface area contributed by atoms with E-state index in [0.29, 0.717) is 17.1 Å². The summed E-state index contributed by atoms with van der Waals surface area (Å²) in [4.78, 5) is 26.7. The van der Waals surface area contributed by atoms with Crippen LogP contribution in [0.25, 0.3) is 0 Å². The molecule has 0 radical (unpaired) electrons. The van der Waals surface area contributed by atoms with Crippen molar-refractivity contribution >= 4 is 44.7 Å². The fourth-order valence-electron chi connectivity index (χ4n) is 3.01. The Labute approximate surface area is 170 Å². The van der Waals surface area contributed by atoms with Gasteiger partial charge in [0.25, 0.3) is 5.91 Å². The van der Waals surface area contributed by atoms with Gasteiger partial charge in [-0.1, -0.05) is 11.2 Å². The molecule has 11 heteroatoms. The van der Waals surface area contributed by atoms with Gasteiger partial charge in [0.15, 0.2) is 9.84 Å². The predicted octanol–water partition coefficient (Wildman–Crippen LogP) is 2.31. The molecule has 1 atom stereocenters. The van der Waals surface area contributed by atoms with E-state index in [-0.39, 0.29) is 41.0 Å². The van der Waals surface area contributed by atoms with Crippen molar-refractivity contribution in [2.75, 3.05) is 23.0 Å². The first-order valence-corrected chi connectivity index (χ1v) is 11.4. The first kappa shape index (κ1) is 19.3. The molecule has 0 unspecified atom stereocenters. The standard InChI is InChI=1S/C18H16N4O5S2/c1-29(25,26)13-6-4-12(5-7-13)22-10-11(9-15(22)23)17-20-21-18(27-17)19-16(24)14-3-2-8-28-14/h2-8,11H,9-10H2,1H3,(H,19,21,24)/t11-/m1/s1. The molecule has 1 fully saturated rings. The van der Waals surface area contributed by atoms with Crippen LogP contribution >= 0.6 is 11.3 Å². The van der Waals surface area contributed by atoms with E-state index in [1.54, 1.807) is 34.5 Å². The van der Waals surface area contributed by atoms with Gasteiger partial charge in [-0.3, -0.25) is 14.9 Å². The van der Waals surface area contributed by atoms with E-state index in [9.17, 15) is 18.0 Å². The van der Waals surface area contributed by atoms with Gasteiger partial charge in [0.1, 0.15) is 0 Å². The van der Waals surface area contributed by atoms with Crippen LogP contribution in [0.1, 0.15) is 27.9 Å². The van der Waals surface area contributed by atoms with Gasteiger partial charge in [-0.25, -0.2) is 8.42 Å². The Morgan fingerprint density at radius 1 is 1.24 bits per heavy atom. The van der Waals surface area contributed by atoms with Crippen molar-refractivity contribution in [3.05, 3.63) is 52.5 Å². The first-order valence-electron chi connectivity index (χ1n) is 8.60. The number of thiophene rings is 1. The Morgan fingerprint density at radius 3 is 2.66 bits per heavy atom. The largest absolute Gasteiger partial charge is 0.407 e. The third-order valence-electron chi connectivity index (χ3n) is 4.46. The molecule has 1 aliphatic heterocycles. The molecule has 150 valence electrons. The number of nitrogens with one attached hydrogen (secondary N) is 1. The lowest BCUT2D eigenvalue weighted by Crippen LogP contribution is -2.24. The molecule has 1 aliphatic rings. The molecular formula is C18H16N4O5S2. The minimum atomic E-state index is -3.30. The second-order valence-corrected chi connectivity index (χ2v) is 9.51. The van der Waals surface area contributed by atoms with Gasteiger partial charge in [0.05, 0.1) is 15.7 Å². The lowest BCUT2D eigenvalue weighted by atomic mass is 10.1. The number of amides is 2. The fraction of sp³-hybridized carbons (Fsp3) is 0.222. The Kier molecular flexibility index (Phi) is 4.92. The smallest absolute Gasteiger partial charge is 0.322 e. The Balaban J connectivity index is 1.45. The van der Waals surface area contributed by atoms with Gasteiger partial charge in [-0.15, -0.1) is 16.4 Å². The van der Waals surface area contributed by atoms with Crippen LogP contribution in [0.15, 0.2) is 51.1 Å². The summed E-state index contributed by atoms with van der Waals surface area (Å²) in [6.45, 7) is 0.317. The number of carbonyl (C=O) groups is 2. The Morgan fingerprint density at radius 2 is 2.00 bits per heavy atom. The maximum absolute atomic E-state index is 12.4. The summed E-state index contributed by atoms with van der Waals surface area (Å²) in [5.74, 6) is -0.540. The number of sulfone groups is 1. The van der Waals surface area contributed by atoms with Crippen molar-refractivity contribution in [2.24, 2.45) is 0 Å². The van der Waals surface area contributed by atoms with Crippen LogP contribution in [0, 0.1) is 0 Å². The van der Waals surface area contributed by atoms with Crippen LogP contribution < -0.4 is 10.2 Å². The Bertz CT molecular complexity index is 1150. The maximum atomic E-state index is 12.4. The van der Waals surface area contributed by atoms with Crippen LogP contribution in [0.4, 0.5) is 11.7 Å². The normalized spacial score (nSPS) is 16.9. The van der Waals surface area contributed by atoms with Crippen molar-refractivity contribution in [3.63, 3.8) is 0 Å². The van der Waals surface area contributed by atoms with Gasteiger partial charge < -0.3 is 9.32 Å². The van der Waals surface area contributed by atoms with Gasteiger partial charge >= 0.3 is 6.01 Å². The summed E-state index contributed by atoms with van der Waals surface area (Å²) >= 11 is 1.29. The number of nitrogens with zero attached hydrogens (tertiary/aromatic N) is 3. The van der Waals surface area contributed by atoms with Gasteiger partial charge in [0.2, 0.25) is 11.8 Å². The molecule has 0 aliphatic carbocycles. The van der Waals surface area contributed by atoms with Crippen LogP contribution in [-0.4, -0.2) is 43.2 Å². The second-order valence-electron chi connectivity index (χ2n) is 6.55. The van der Waals surface area contributed by atoms with E-state index >= 15 is 0 Å². The van der Waals surface area contributed by atoms with Gasteiger partial charge in [-0.2, -0.15) is 0 Å². The Hall–Kier alpha value is -3.05. The highest BCUT2D eigenvalue weighted by molar-refractivity contribution is 7.90. The average molecular weight is 432 g/mol. The number of rotatable bonds is 5. The quantitative estimate of drug-likeness (QED) is 0.656. The van der Waals surface area contributed by atoms with E-state index in [2.05, 4.69) is 15.5 Å². The molecule has 4 rings (SSSR count). The van der Waals surface area contributed by atoms with Crippen molar-refractivity contribution in [1.82, 2.24) is 10.2 Å². The van der Waals surface area contributed by atoms with Gasteiger partial charge in [-0.05, 0) is 35.7 Å². The maximum Gasteiger partial charge on any atom is 0.322 e. The summed E-state index contributed by atoms with van der Waals surface area (Å²) in [6, 6.07) is 9.54. The lowest BCUT2D eigenvalue weighted by Gasteiger charge is -2.16. The molecule has 9 nitrogen and oxygen atoms in total. The van der Waals surface area contributed by atoms with Crippen LogP contribution in [0.3, 0.4) is 0 Å². The molecule has 0 saturated carbocycles. The fourth-order valence-corrected chi connectivity index (χ4v) is 4.26. The second kappa shape index (κ2) is 7.41. The molecule has 0 bridgehead atoms. The van der Waals surface area contributed by atoms with E-state index in [4.69, 9.17) is 4.42 Å². The lowest BCUT2D eigenvalue weighted by molar-refractivity contribution is -0.117. The average Bonchev–Trinajstić information content (AvgIpc) is 3.41. The zero-order valence-corrected chi connectivity index (χ0v) is 16.9. The van der Waals surface area contributed by atoms with E-state index < -0.39 is 9.84 Å². The number of carbonyl (C=O) groups excluding carboxylic acids is 2. The van der Waals surface area contributed by atoms with Crippen molar-refractivity contribution in [2.45, 2.75) is 17.2 Å². The highest BCUT2D eigenvalue weighted by Crippen LogP contribution is 2.32. The molecule has 29 heavy (non-hydrogen) atoms. The van der Waals surface area contributed by atoms with Crippen molar-refractivity contribution in [3.8, 4) is 0 Å². The monoisotopic (exact) mass is 432 g/mol. The molecule has 1 N–H and O–H groups in total. The molecular weight excluding hydrogens is 416 g/mol. The summed E-state index contributed by atoms with van der Waals surface area (Å²) in [5, 5.41) is 12.1. The number of hydrogen-bond donors (Lipinski definition) is 1. The number of hydrogen-bond acceptors (Lipinski definition) is 8. The first-order chi connectivity index (χ1) is 13.8. The molecule has 3 heterocycles. The predicted molar refractivity (Wildman–Crippen MR) is 106 cm³/mol. The number of aromatic nitrogens is 2. The van der Waals surface area contributed by atoms with Crippen LogP contribution in [0.5, 0.6) is 0 Å². The zero-order chi connectivity index (χ0) is 20.6. The summed E-state index contributed by atoms with van der Waals surface area (Å²) < 4.78 is 28.7. The molecule has 3 aromatic rings. The zero-order valence-electron chi connectivity index (χ0n) is 15.2. The minimum Gasteiger partial charge on any atom is -0.407 e. The number of anilines is 2. The summed E-state index contributed by atoms with van der Waals surface area (Å²) in [7, 11) is -3.30.